The number of alkyl halides is 3. The Balaban J connectivity index is 2.45. The van der Waals surface area contributed by atoms with E-state index in [9.17, 15) is 18.0 Å². The Morgan fingerprint density at radius 1 is 1.18 bits per heavy atom. The molecule has 0 radical (unpaired) electrons. The first-order valence-electron chi connectivity index (χ1n) is 9.05. The summed E-state index contributed by atoms with van der Waals surface area (Å²) in [4.78, 5) is 15.1. The average Bonchev–Trinajstić information content (AvgIpc) is 2.65. The molecular weight excluding hydrogens is 375 g/mol. The Morgan fingerprint density at radius 3 is 2.57 bits per heavy atom. The summed E-state index contributed by atoms with van der Waals surface area (Å²) in [5.41, 5.74) is 1.42. The number of unbranched alkanes of at least 4 members (excludes halogenated alkanes) is 2. The van der Waals surface area contributed by atoms with Gasteiger partial charge in [-0.3, -0.25) is 9.79 Å². The highest BCUT2D eigenvalue weighted by molar-refractivity contribution is 5.79. The lowest BCUT2D eigenvalue weighted by Gasteiger charge is -2.16. The molecule has 9 heteroatoms. The number of aliphatic imine (C=N–C) groups is 1. The van der Waals surface area contributed by atoms with E-state index in [4.69, 9.17) is 4.74 Å². The van der Waals surface area contributed by atoms with Gasteiger partial charge >= 0.3 is 12.1 Å². The molecule has 158 valence electrons. The highest BCUT2D eigenvalue weighted by Crippen LogP contribution is 2.23. The number of nitrogens with one attached hydrogen (secondary N) is 2. The molecule has 0 heterocycles. The third kappa shape index (κ3) is 10.0. The molecule has 6 nitrogen and oxygen atoms in total. The molecule has 0 saturated carbocycles. The largest absolute Gasteiger partial charge is 0.484 e. The molecule has 1 aromatic carbocycles. The van der Waals surface area contributed by atoms with Crippen LogP contribution in [0.2, 0.25) is 0 Å². The van der Waals surface area contributed by atoms with Crippen molar-refractivity contribution in [3.63, 3.8) is 0 Å². The van der Waals surface area contributed by atoms with Crippen molar-refractivity contribution in [2.45, 2.75) is 45.3 Å². The molecule has 2 N–H and O–H groups in total. The molecule has 0 bridgehead atoms. The van der Waals surface area contributed by atoms with Gasteiger partial charge in [-0.2, -0.15) is 13.2 Å². The molecule has 0 atom stereocenters. The highest BCUT2D eigenvalue weighted by Gasteiger charge is 2.28. The molecule has 1 rings (SSSR count). The fraction of sp³-hybridized carbons (Fsp3) is 0.579. The number of ether oxygens (including phenoxy) is 2. The van der Waals surface area contributed by atoms with Gasteiger partial charge in [-0.25, -0.2) is 0 Å². The van der Waals surface area contributed by atoms with Crippen LogP contribution in [0.3, 0.4) is 0 Å². The van der Waals surface area contributed by atoms with Crippen LogP contribution in [0.25, 0.3) is 0 Å². The number of hydrogen-bond donors (Lipinski definition) is 2. The highest BCUT2D eigenvalue weighted by atomic mass is 19.4. The molecular formula is C19H28F3N3O3. The van der Waals surface area contributed by atoms with Crippen LogP contribution >= 0.6 is 0 Å². The number of aryl methyl sites for hydroxylation is 1. The van der Waals surface area contributed by atoms with Crippen LogP contribution in [0.4, 0.5) is 13.2 Å². The summed E-state index contributed by atoms with van der Waals surface area (Å²) in [7, 11) is 2.98. The van der Waals surface area contributed by atoms with Gasteiger partial charge in [0.05, 0.1) is 7.11 Å². The number of methoxy groups -OCH3 is 1. The first-order chi connectivity index (χ1) is 13.2. The maximum atomic E-state index is 12.4. The van der Waals surface area contributed by atoms with Crippen molar-refractivity contribution in [3.8, 4) is 5.75 Å². The minimum absolute atomic E-state index is 0.197. The van der Waals surface area contributed by atoms with Crippen molar-refractivity contribution in [2.75, 3.05) is 27.3 Å². The standard InChI is InChI=1S/C19H28F3N3O3/c1-14-8-9-15(16(11-14)28-13-19(20,21)22)12-25-18(23-2)24-10-6-4-5-7-17(26)27-3/h8-9,11H,4-7,10,12-13H2,1-3H3,(H2,23,24,25). The molecule has 0 saturated heterocycles. The molecule has 0 spiro atoms. The van der Waals surface area contributed by atoms with E-state index in [1.165, 1.54) is 7.11 Å². The maximum absolute atomic E-state index is 12.4. The van der Waals surface area contributed by atoms with Gasteiger partial charge < -0.3 is 20.1 Å². The van der Waals surface area contributed by atoms with Gasteiger partial charge in [0.1, 0.15) is 5.75 Å². The van der Waals surface area contributed by atoms with Crippen LogP contribution < -0.4 is 15.4 Å². The minimum atomic E-state index is -4.39. The Bertz CT molecular complexity index is 649. The average molecular weight is 403 g/mol. The second kappa shape index (κ2) is 12.1. The summed E-state index contributed by atoms with van der Waals surface area (Å²) < 4.78 is 46.8. The first-order valence-corrected chi connectivity index (χ1v) is 9.05. The lowest BCUT2D eigenvalue weighted by molar-refractivity contribution is -0.153. The zero-order chi connectivity index (χ0) is 21.0. The first kappa shape index (κ1) is 23.6. The van der Waals surface area contributed by atoms with Crippen molar-refractivity contribution in [3.05, 3.63) is 29.3 Å². The Kier molecular flexibility index (Phi) is 10.2. The summed E-state index contributed by atoms with van der Waals surface area (Å²) in [5, 5.41) is 6.20. The van der Waals surface area contributed by atoms with Crippen molar-refractivity contribution in [1.29, 1.82) is 0 Å². The van der Waals surface area contributed by atoms with Crippen molar-refractivity contribution in [1.82, 2.24) is 10.6 Å². The van der Waals surface area contributed by atoms with Crippen LogP contribution in [0.15, 0.2) is 23.2 Å². The minimum Gasteiger partial charge on any atom is -0.484 e. The maximum Gasteiger partial charge on any atom is 0.422 e. The number of esters is 1. The zero-order valence-electron chi connectivity index (χ0n) is 16.5. The summed E-state index contributed by atoms with van der Waals surface area (Å²) in [5.74, 6) is 0.519. The topological polar surface area (TPSA) is 72.0 Å². The van der Waals surface area contributed by atoms with E-state index < -0.39 is 12.8 Å². The number of hydrogen-bond acceptors (Lipinski definition) is 4. The number of benzene rings is 1. The molecule has 0 amide bonds. The van der Waals surface area contributed by atoms with E-state index in [0.717, 1.165) is 24.8 Å². The number of rotatable bonds is 10. The molecule has 28 heavy (non-hydrogen) atoms. The molecule has 0 aliphatic carbocycles. The number of carbonyl (C=O) groups excluding carboxylic acids is 1. The van der Waals surface area contributed by atoms with E-state index in [1.54, 1.807) is 26.1 Å². The Morgan fingerprint density at radius 2 is 1.93 bits per heavy atom. The van der Waals surface area contributed by atoms with E-state index >= 15 is 0 Å². The lowest BCUT2D eigenvalue weighted by atomic mass is 10.1. The fourth-order valence-electron chi connectivity index (χ4n) is 2.38. The predicted molar refractivity (Wildman–Crippen MR) is 101 cm³/mol. The van der Waals surface area contributed by atoms with Crippen LogP contribution in [-0.2, 0) is 16.1 Å². The van der Waals surface area contributed by atoms with Gasteiger partial charge in [-0.1, -0.05) is 18.6 Å². The van der Waals surface area contributed by atoms with Crippen molar-refractivity contribution >= 4 is 11.9 Å². The summed E-state index contributed by atoms with van der Waals surface area (Å²) in [6.45, 7) is 1.39. The van der Waals surface area contributed by atoms with Gasteiger partial charge in [0, 0.05) is 32.1 Å². The summed E-state index contributed by atoms with van der Waals surface area (Å²) >= 11 is 0. The van der Waals surface area contributed by atoms with Gasteiger partial charge in [-0.05, 0) is 31.4 Å². The SMILES string of the molecule is CN=C(NCCCCCC(=O)OC)NCc1ccc(C)cc1OCC(F)(F)F. The lowest BCUT2D eigenvalue weighted by Crippen LogP contribution is -2.37. The number of halogens is 3. The smallest absolute Gasteiger partial charge is 0.422 e. The second-order valence-corrected chi connectivity index (χ2v) is 6.25. The van der Waals surface area contributed by atoms with Crippen LogP contribution in [-0.4, -0.2) is 45.4 Å². The molecule has 0 unspecified atom stereocenters. The number of nitrogens with zero attached hydrogens (tertiary/aromatic N) is 1. The Hall–Kier alpha value is -2.45. The van der Waals surface area contributed by atoms with Crippen LogP contribution in [0.5, 0.6) is 5.75 Å². The number of guanidine groups is 1. The van der Waals surface area contributed by atoms with Crippen molar-refractivity contribution < 1.29 is 27.4 Å². The fourth-order valence-corrected chi connectivity index (χ4v) is 2.38. The van der Waals surface area contributed by atoms with E-state index in [2.05, 4.69) is 20.4 Å². The second-order valence-electron chi connectivity index (χ2n) is 6.25. The summed E-state index contributed by atoms with van der Waals surface area (Å²) in [6.07, 6.45) is -1.52. The van der Waals surface area contributed by atoms with Gasteiger partial charge in [0.25, 0.3) is 0 Å². The third-order valence-corrected chi connectivity index (χ3v) is 3.86. The van der Waals surface area contributed by atoms with E-state index in [-0.39, 0.29) is 18.3 Å². The summed E-state index contributed by atoms with van der Waals surface area (Å²) in [6, 6.07) is 5.13. The van der Waals surface area contributed by atoms with E-state index in [1.807, 2.05) is 6.07 Å². The van der Waals surface area contributed by atoms with E-state index in [0.29, 0.717) is 24.5 Å². The molecule has 0 aromatic heterocycles. The third-order valence-electron chi connectivity index (χ3n) is 3.86. The van der Waals surface area contributed by atoms with Crippen LogP contribution in [0.1, 0.15) is 36.8 Å². The number of carbonyl (C=O) groups is 1. The monoisotopic (exact) mass is 403 g/mol. The zero-order valence-corrected chi connectivity index (χ0v) is 16.5. The molecule has 0 aliphatic rings. The van der Waals surface area contributed by atoms with Crippen LogP contribution in [0, 0.1) is 6.92 Å². The van der Waals surface area contributed by atoms with Gasteiger partial charge in [0.2, 0.25) is 0 Å². The Labute approximate surface area is 163 Å². The predicted octanol–water partition coefficient (Wildman–Crippen LogP) is 3.33. The van der Waals surface area contributed by atoms with Crippen molar-refractivity contribution in [2.24, 2.45) is 4.99 Å². The molecule has 1 aromatic rings. The normalized spacial score (nSPS) is 11.9. The molecule has 0 fully saturated rings. The quantitative estimate of drug-likeness (QED) is 0.271. The molecule has 0 aliphatic heterocycles. The van der Waals surface area contributed by atoms with Gasteiger partial charge in [-0.15, -0.1) is 0 Å². The van der Waals surface area contributed by atoms with Gasteiger partial charge in [0.15, 0.2) is 12.6 Å².